The number of piperidine rings is 1. The molecule has 0 bridgehead atoms. The maximum absolute atomic E-state index is 12.5. The van der Waals surface area contributed by atoms with Crippen molar-refractivity contribution in [3.63, 3.8) is 0 Å². The summed E-state index contributed by atoms with van der Waals surface area (Å²) in [4.78, 5) is 33.1. The normalized spacial score (nSPS) is 16.2. The van der Waals surface area contributed by atoms with Gasteiger partial charge in [0.15, 0.2) is 0 Å². The van der Waals surface area contributed by atoms with Crippen molar-refractivity contribution in [1.82, 2.24) is 25.7 Å². The minimum atomic E-state index is -1.21. The first-order valence-electron chi connectivity index (χ1n) is 9.13. The van der Waals surface area contributed by atoms with Gasteiger partial charge in [0.2, 0.25) is 11.2 Å². The van der Waals surface area contributed by atoms with Crippen molar-refractivity contribution in [2.45, 2.75) is 52.0 Å². The number of carbonyl (C=O) groups is 2. The van der Waals surface area contributed by atoms with E-state index in [1.165, 1.54) is 0 Å². The Morgan fingerprint density at radius 1 is 1.37 bits per heavy atom. The number of hydrogen-bond acceptors (Lipinski definition) is 6. The SMILES string of the molecule is CC[C@H](NNC(=O)O)C(=O)N1CCC(CCc2c(C)nc(Cl)nc2N)CC1. The van der Waals surface area contributed by atoms with Crippen LogP contribution in [0.4, 0.5) is 10.6 Å². The number of likely N-dealkylation sites (tertiary alicyclic amines) is 1. The molecule has 1 saturated heterocycles. The lowest BCUT2D eigenvalue weighted by molar-refractivity contribution is -0.135. The van der Waals surface area contributed by atoms with Crippen LogP contribution in [0.1, 0.15) is 43.9 Å². The Morgan fingerprint density at radius 3 is 2.59 bits per heavy atom. The van der Waals surface area contributed by atoms with E-state index in [-0.39, 0.29) is 11.2 Å². The van der Waals surface area contributed by atoms with Gasteiger partial charge in [0.1, 0.15) is 11.9 Å². The first-order valence-corrected chi connectivity index (χ1v) is 9.51. The monoisotopic (exact) mass is 398 g/mol. The van der Waals surface area contributed by atoms with E-state index < -0.39 is 12.1 Å². The summed E-state index contributed by atoms with van der Waals surface area (Å²) in [6, 6.07) is -0.550. The molecule has 1 aromatic heterocycles. The number of rotatable bonds is 7. The number of nitrogens with two attached hydrogens (primary N) is 1. The van der Waals surface area contributed by atoms with E-state index >= 15 is 0 Å². The van der Waals surface area contributed by atoms with Crippen molar-refractivity contribution < 1.29 is 14.7 Å². The van der Waals surface area contributed by atoms with Crippen molar-refractivity contribution in [2.75, 3.05) is 18.8 Å². The summed E-state index contributed by atoms with van der Waals surface area (Å²) in [5.74, 6) is 0.854. The summed E-state index contributed by atoms with van der Waals surface area (Å²) < 4.78 is 0. The molecule has 0 aromatic carbocycles. The molecule has 2 heterocycles. The average Bonchev–Trinajstić information content (AvgIpc) is 2.61. The number of nitrogens with one attached hydrogen (secondary N) is 2. The molecule has 10 heteroatoms. The van der Waals surface area contributed by atoms with Gasteiger partial charge in [-0.2, -0.15) is 0 Å². The predicted octanol–water partition coefficient (Wildman–Crippen LogP) is 1.74. The molecule has 0 unspecified atom stereocenters. The average molecular weight is 399 g/mol. The summed E-state index contributed by atoms with van der Waals surface area (Å²) in [5.41, 5.74) is 12.3. The summed E-state index contributed by atoms with van der Waals surface area (Å²) in [6.07, 6.45) is 2.85. The highest BCUT2D eigenvalue weighted by Gasteiger charge is 2.27. The van der Waals surface area contributed by atoms with Gasteiger partial charge in [-0.25, -0.2) is 20.2 Å². The van der Waals surface area contributed by atoms with E-state index in [9.17, 15) is 9.59 Å². The molecule has 0 aliphatic carbocycles. The van der Waals surface area contributed by atoms with Crippen LogP contribution in [0, 0.1) is 12.8 Å². The first-order chi connectivity index (χ1) is 12.8. The van der Waals surface area contributed by atoms with Gasteiger partial charge in [-0.05, 0) is 56.5 Å². The Bertz CT molecular complexity index is 656. The van der Waals surface area contributed by atoms with Crippen molar-refractivity contribution in [3.8, 4) is 0 Å². The highest BCUT2D eigenvalue weighted by Crippen LogP contribution is 2.25. The third-order valence-electron chi connectivity index (χ3n) is 5.01. The number of amides is 2. The number of aromatic nitrogens is 2. The molecule has 1 aliphatic rings. The maximum atomic E-state index is 12.5. The fourth-order valence-corrected chi connectivity index (χ4v) is 3.61. The van der Waals surface area contributed by atoms with Crippen LogP contribution in [-0.2, 0) is 11.2 Å². The fraction of sp³-hybridized carbons (Fsp3) is 0.647. The van der Waals surface area contributed by atoms with Gasteiger partial charge in [0, 0.05) is 24.3 Å². The molecule has 1 fully saturated rings. The lowest BCUT2D eigenvalue weighted by atomic mass is 9.90. The molecule has 9 nitrogen and oxygen atoms in total. The largest absolute Gasteiger partial charge is 0.464 e. The number of aryl methyl sites for hydroxylation is 1. The number of halogens is 1. The number of nitrogens with zero attached hydrogens (tertiary/aromatic N) is 3. The molecule has 27 heavy (non-hydrogen) atoms. The van der Waals surface area contributed by atoms with Gasteiger partial charge in [-0.1, -0.05) is 6.92 Å². The number of anilines is 1. The fourth-order valence-electron chi connectivity index (χ4n) is 3.39. The van der Waals surface area contributed by atoms with Crippen LogP contribution in [0.25, 0.3) is 0 Å². The predicted molar refractivity (Wildman–Crippen MR) is 102 cm³/mol. The number of carboxylic acid groups (broad SMARTS) is 1. The molecule has 2 rings (SSSR count). The molecule has 1 aromatic rings. The summed E-state index contributed by atoms with van der Waals surface area (Å²) in [6.45, 7) is 5.05. The van der Waals surface area contributed by atoms with Gasteiger partial charge >= 0.3 is 6.09 Å². The van der Waals surface area contributed by atoms with Gasteiger partial charge < -0.3 is 15.7 Å². The Labute approximate surface area is 163 Å². The molecule has 1 aliphatic heterocycles. The van der Waals surface area contributed by atoms with E-state index in [2.05, 4.69) is 20.8 Å². The lowest BCUT2D eigenvalue weighted by Gasteiger charge is -2.34. The smallest absolute Gasteiger partial charge is 0.419 e. The van der Waals surface area contributed by atoms with Crippen LogP contribution in [0.5, 0.6) is 0 Å². The van der Waals surface area contributed by atoms with Gasteiger partial charge in [-0.3, -0.25) is 10.2 Å². The Morgan fingerprint density at radius 2 is 2.04 bits per heavy atom. The number of hydrogen-bond donors (Lipinski definition) is 4. The Kier molecular flexibility index (Phi) is 7.61. The van der Waals surface area contributed by atoms with Gasteiger partial charge in [-0.15, -0.1) is 0 Å². The van der Waals surface area contributed by atoms with Crippen LogP contribution in [0.3, 0.4) is 0 Å². The molecule has 0 radical (unpaired) electrons. The van der Waals surface area contributed by atoms with Crippen molar-refractivity contribution >= 4 is 29.4 Å². The summed E-state index contributed by atoms with van der Waals surface area (Å²) in [7, 11) is 0. The second-order valence-electron chi connectivity index (χ2n) is 6.78. The first kappa shape index (κ1) is 21.2. The highest BCUT2D eigenvalue weighted by atomic mass is 35.5. The summed E-state index contributed by atoms with van der Waals surface area (Å²) >= 11 is 5.81. The minimum Gasteiger partial charge on any atom is -0.464 e. The Hall–Kier alpha value is -2.13. The number of nitrogen functional groups attached to an aromatic ring is 1. The van der Waals surface area contributed by atoms with E-state index in [1.54, 1.807) is 4.90 Å². The van der Waals surface area contributed by atoms with Crippen LogP contribution < -0.4 is 16.6 Å². The van der Waals surface area contributed by atoms with Crippen LogP contribution in [0.15, 0.2) is 0 Å². The molecule has 150 valence electrons. The van der Waals surface area contributed by atoms with Gasteiger partial charge in [0.05, 0.1) is 0 Å². The number of carbonyl (C=O) groups excluding carboxylic acids is 1. The van der Waals surface area contributed by atoms with Gasteiger partial charge in [0.25, 0.3) is 0 Å². The summed E-state index contributed by atoms with van der Waals surface area (Å²) in [5, 5.41) is 8.83. The molecule has 0 saturated carbocycles. The maximum Gasteiger partial charge on any atom is 0.419 e. The second kappa shape index (κ2) is 9.70. The minimum absolute atomic E-state index is 0.0732. The molecule has 0 spiro atoms. The van der Waals surface area contributed by atoms with E-state index in [0.717, 1.165) is 36.9 Å². The molecular formula is C17H27ClN6O3. The zero-order valence-electron chi connectivity index (χ0n) is 15.7. The molecule has 5 N–H and O–H groups in total. The van der Waals surface area contributed by atoms with Crippen LogP contribution in [-0.4, -0.2) is 51.1 Å². The second-order valence-corrected chi connectivity index (χ2v) is 7.12. The molecule has 2 amide bonds. The van der Waals surface area contributed by atoms with Crippen LogP contribution >= 0.6 is 11.6 Å². The highest BCUT2D eigenvalue weighted by molar-refractivity contribution is 6.28. The zero-order chi connectivity index (χ0) is 20.0. The quantitative estimate of drug-likeness (QED) is 0.406. The molecule has 1 atom stereocenters. The lowest BCUT2D eigenvalue weighted by Crippen LogP contribution is -2.53. The van der Waals surface area contributed by atoms with Crippen molar-refractivity contribution in [2.24, 2.45) is 5.92 Å². The van der Waals surface area contributed by atoms with Crippen molar-refractivity contribution in [3.05, 3.63) is 16.5 Å². The number of hydrazine groups is 1. The third-order valence-corrected chi connectivity index (χ3v) is 5.18. The van der Waals surface area contributed by atoms with E-state index in [0.29, 0.717) is 31.2 Å². The standard InChI is InChI=1S/C17H27ClN6O3/c1-3-13(22-23-17(26)27)15(25)24-8-6-11(7-9-24)4-5-12-10(2)20-16(18)21-14(12)19/h11,13,22-23H,3-9H2,1-2H3,(H,26,27)(H2,19,20,21)/t13-/m0/s1. The molecular weight excluding hydrogens is 372 g/mol. The Balaban J connectivity index is 1.83. The van der Waals surface area contributed by atoms with Crippen LogP contribution in [0.2, 0.25) is 5.28 Å². The van der Waals surface area contributed by atoms with E-state index in [1.807, 2.05) is 13.8 Å². The zero-order valence-corrected chi connectivity index (χ0v) is 16.4. The topological polar surface area (TPSA) is 133 Å². The van der Waals surface area contributed by atoms with E-state index in [4.69, 9.17) is 22.4 Å². The van der Waals surface area contributed by atoms with Crippen molar-refractivity contribution in [1.29, 1.82) is 0 Å². The third kappa shape index (κ3) is 5.93.